The van der Waals surface area contributed by atoms with Gasteiger partial charge in [-0.15, -0.1) is 0 Å². The van der Waals surface area contributed by atoms with Gasteiger partial charge < -0.3 is 10.6 Å². The van der Waals surface area contributed by atoms with E-state index in [2.05, 4.69) is 0 Å². The summed E-state index contributed by atoms with van der Waals surface area (Å²) in [6, 6.07) is -0.429. The Balaban J connectivity index is 2.74. The summed E-state index contributed by atoms with van der Waals surface area (Å²) in [4.78, 5) is 11.9. The Hall–Kier alpha value is -0.850. The van der Waals surface area contributed by atoms with E-state index in [1.165, 1.54) is 0 Å². The number of halogens is 4. The van der Waals surface area contributed by atoms with Gasteiger partial charge in [-0.1, -0.05) is 6.92 Å². The van der Waals surface area contributed by atoms with Crippen LogP contribution in [0.5, 0.6) is 0 Å². The van der Waals surface area contributed by atoms with Gasteiger partial charge in [-0.2, -0.15) is 8.78 Å². The molecule has 2 unspecified atom stereocenters. The predicted octanol–water partition coefficient (Wildman–Crippen LogP) is 1.08. The molecule has 16 heavy (non-hydrogen) atoms. The zero-order valence-electron chi connectivity index (χ0n) is 8.80. The SMILES string of the molecule is CC1CC(N)CN(C(=O)C(F)(F)C(F)F)C1. The van der Waals surface area contributed by atoms with Crippen LogP contribution in [0.3, 0.4) is 0 Å². The molecule has 2 atom stereocenters. The van der Waals surface area contributed by atoms with Gasteiger partial charge in [0.2, 0.25) is 0 Å². The molecule has 1 amide bonds. The van der Waals surface area contributed by atoms with Crippen molar-refractivity contribution in [3.8, 4) is 0 Å². The van der Waals surface area contributed by atoms with Crippen molar-refractivity contribution in [2.45, 2.75) is 31.7 Å². The third-order valence-electron chi connectivity index (χ3n) is 2.54. The van der Waals surface area contributed by atoms with E-state index in [4.69, 9.17) is 5.73 Å². The normalized spacial score (nSPS) is 27.3. The molecule has 1 rings (SSSR count). The standard InChI is InChI=1S/C9H14F4N2O/c1-5-2-6(14)4-15(3-5)8(16)9(12,13)7(10)11/h5-7H,2-4,14H2,1H3. The van der Waals surface area contributed by atoms with Crippen LogP contribution in [0.1, 0.15) is 13.3 Å². The minimum absolute atomic E-state index is 0.0504. The molecule has 0 bridgehead atoms. The first-order chi connectivity index (χ1) is 7.25. The molecule has 0 aromatic heterocycles. The summed E-state index contributed by atoms with van der Waals surface area (Å²) in [5.41, 5.74) is 5.55. The Morgan fingerprint density at radius 1 is 1.44 bits per heavy atom. The third-order valence-corrected chi connectivity index (χ3v) is 2.54. The van der Waals surface area contributed by atoms with Gasteiger partial charge in [-0.25, -0.2) is 8.78 Å². The molecule has 3 nitrogen and oxygen atoms in total. The molecule has 0 saturated carbocycles. The molecule has 1 aliphatic heterocycles. The highest BCUT2D eigenvalue weighted by molar-refractivity contribution is 5.84. The number of carbonyl (C=O) groups excluding carboxylic acids is 1. The van der Waals surface area contributed by atoms with Crippen molar-refractivity contribution in [3.05, 3.63) is 0 Å². The van der Waals surface area contributed by atoms with Gasteiger partial charge in [0.25, 0.3) is 5.91 Å². The Morgan fingerprint density at radius 2 is 2.00 bits per heavy atom. The van der Waals surface area contributed by atoms with E-state index in [1.807, 2.05) is 0 Å². The summed E-state index contributed by atoms with van der Waals surface area (Å²) in [5, 5.41) is 0. The Bertz CT molecular complexity index is 262. The molecule has 0 spiro atoms. The van der Waals surface area contributed by atoms with Gasteiger partial charge in [-0.3, -0.25) is 4.79 Å². The van der Waals surface area contributed by atoms with Crippen LogP contribution in [0.4, 0.5) is 17.6 Å². The number of nitrogens with two attached hydrogens (primary N) is 1. The molecule has 1 aliphatic rings. The molecule has 0 aromatic rings. The second kappa shape index (κ2) is 4.57. The number of hydrogen-bond acceptors (Lipinski definition) is 2. The largest absolute Gasteiger partial charge is 0.383 e. The number of hydrogen-bond donors (Lipinski definition) is 1. The molecular formula is C9H14F4N2O. The molecule has 1 heterocycles. The highest BCUT2D eigenvalue weighted by Gasteiger charge is 2.51. The number of rotatable bonds is 2. The van der Waals surface area contributed by atoms with Crippen LogP contribution >= 0.6 is 0 Å². The molecule has 1 fully saturated rings. The molecule has 7 heteroatoms. The summed E-state index contributed by atoms with van der Waals surface area (Å²) in [7, 11) is 0. The molecule has 1 saturated heterocycles. The maximum atomic E-state index is 12.8. The number of likely N-dealkylation sites (tertiary alicyclic amines) is 1. The summed E-state index contributed by atoms with van der Waals surface area (Å²) < 4.78 is 49.6. The molecule has 0 aliphatic carbocycles. The zero-order valence-corrected chi connectivity index (χ0v) is 8.80. The molecule has 0 aromatic carbocycles. The Morgan fingerprint density at radius 3 is 2.44 bits per heavy atom. The van der Waals surface area contributed by atoms with E-state index >= 15 is 0 Å². The van der Waals surface area contributed by atoms with Gasteiger partial charge in [-0.05, 0) is 12.3 Å². The van der Waals surface area contributed by atoms with Crippen molar-refractivity contribution >= 4 is 5.91 Å². The molecule has 94 valence electrons. The lowest BCUT2D eigenvalue weighted by Crippen LogP contribution is -2.55. The van der Waals surface area contributed by atoms with Crippen molar-refractivity contribution in [2.75, 3.05) is 13.1 Å². The zero-order chi connectivity index (χ0) is 12.5. The number of alkyl halides is 4. The highest BCUT2D eigenvalue weighted by Crippen LogP contribution is 2.27. The second-order valence-electron chi connectivity index (χ2n) is 4.23. The molecule has 0 radical (unpaired) electrons. The first kappa shape index (κ1) is 13.2. The quantitative estimate of drug-likeness (QED) is 0.736. The van der Waals surface area contributed by atoms with Gasteiger partial charge in [0, 0.05) is 19.1 Å². The van der Waals surface area contributed by atoms with Crippen LogP contribution in [0.25, 0.3) is 0 Å². The van der Waals surface area contributed by atoms with Crippen LogP contribution < -0.4 is 5.73 Å². The predicted molar refractivity (Wildman–Crippen MR) is 49.3 cm³/mol. The number of carbonyl (C=O) groups is 1. The van der Waals surface area contributed by atoms with Crippen molar-refractivity contribution in [2.24, 2.45) is 11.7 Å². The van der Waals surface area contributed by atoms with Crippen LogP contribution in [0, 0.1) is 5.92 Å². The van der Waals surface area contributed by atoms with E-state index in [0.717, 1.165) is 4.90 Å². The maximum Gasteiger partial charge on any atom is 0.383 e. The van der Waals surface area contributed by atoms with Crippen molar-refractivity contribution in [3.63, 3.8) is 0 Å². The van der Waals surface area contributed by atoms with Crippen LogP contribution in [0.2, 0.25) is 0 Å². The number of nitrogens with zero attached hydrogens (tertiary/aromatic N) is 1. The fourth-order valence-corrected chi connectivity index (χ4v) is 1.87. The highest BCUT2D eigenvalue weighted by atomic mass is 19.3. The second-order valence-corrected chi connectivity index (χ2v) is 4.23. The van der Waals surface area contributed by atoms with E-state index in [1.54, 1.807) is 6.92 Å². The van der Waals surface area contributed by atoms with Crippen molar-refractivity contribution in [1.29, 1.82) is 0 Å². The van der Waals surface area contributed by atoms with Gasteiger partial charge in [0.15, 0.2) is 0 Å². The van der Waals surface area contributed by atoms with Gasteiger partial charge in [0.05, 0.1) is 0 Å². The van der Waals surface area contributed by atoms with Crippen molar-refractivity contribution in [1.82, 2.24) is 4.90 Å². The summed E-state index contributed by atoms with van der Waals surface area (Å²) in [6.45, 7) is 1.69. The lowest BCUT2D eigenvalue weighted by atomic mass is 9.96. The van der Waals surface area contributed by atoms with Gasteiger partial charge >= 0.3 is 12.3 Å². The molecule has 2 N–H and O–H groups in total. The maximum absolute atomic E-state index is 12.8. The summed E-state index contributed by atoms with van der Waals surface area (Å²) >= 11 is 0. The van der Waals surface area contributed by atoms with E-state index < -0.39 is 24.3 Å². The smallest absolute Gasteiger partial charge is 0.335 e. The third kappa shape index (κ3) is 2.63. The van der Waals surface area contributed by atoms with E-state index in [0.29, 0.717) is 6.42 Å². The fourth-order valence-electron chi connectivity index (χ4n) is 1.87. The fraction of sp³-hybridized carbons (Fsp3) is 0.889. The van der Waals surface area contributed by atoms with Crippen LogP contribution in [-0.2, 0) is 4.79 Å². The van der Waals surface area contributed by atoms with Crippen molar-refractivity contribution < 1.29 is 22.4 Å². The monoisotopic (exact) mass is 242 g/mol. The van der Waals surface area contributed by atoms with E-state index in [-0.39, 0.29) is 19.0 Å². The minimum atomic E-state index is -4.61. The number of piperidine rings is 1. The lowest BCUT2D eigenvalue weighted by Gasteiger charge is -2.36. The summed E-state index contributed by atoms with van der Waals surface area (Å²) in [6.07, 6.45) is -3.38. The first-order valence-electron chi connectivity index (χ1n) is 4.96. The summed E-state index contributed by atoms with van der Waals surface area (Å²) in [5.74, 6) is -6.50. The number of amides is 1. The Labute approximate surface area is 90.6 Å². The van der Waals surface area contributed by atoms with Crippen LogP contribution in [0.15, 0.2) is 0 Å². The molecular weight excluding hydrogens is 228 g/mol. The Kier molecular flexibility index (Phi) is 3.77. The lowest BCUT2D eigenvalue weighted by molar-refractivity contribution is -0.182. The topological polar surface area (TPSA) is 46.3 Å². The van der Waals surface area contributed by atoms with Gasteiger partial charge in [0.1, 0.15) is 0 Å². The van der Waals surface area contributed by atoms with Crippen LogP contribution in [-0.4, -0.2) is 42.3 Å². The minimum Gasteiger partial charge on any atom is -0.335 e. The van der Waals surface area contributed by atoms with E-state index in [9.17, 15) is 22.4 Å². The first-order valence-corrected chi connectivity index (χ1v) is 4.96. The average molecular weight is 242 g/mol. The average Bonchev–Trinajstić information content (AvgIpc) is 2.14.